The molecule has 1 aliphatic heterocycles. The van der Waals surface area contributed by atoms with Gasteiger partial charge < -0.3 is 10.6 Å². The van der Waals surface area contributed by atoms with E-state index in [9.17, 15) is 4.79 Å². The van der Waals surface area contributed by atoms with E-state index in [1.807, 2.05) is 13.1 Å². The molecule has 5 nitrogen and oxygen atoms in total. The molecule has 1 saturated heterocycles. The number of nitrogens with one attached hydrogen (secondary N) is 2. The highest BCUT2D eigenvalue weighted by Crippen LogP contribution is 2.08. The van der Waals surface area contributed by atoms with Crippen molar-refractivity contribution in [3.63, 3.8) is 0 Å². The Morgan fingerprint density at radius 1 is 1.56 bits per heavy atom. The maximum atomic E-state index is 11.5. The van der Waals surface area contributed by atoms with Crippen LogP contribution in [0.1, 0.15) is 19.3 Å². The molecular weight excluding hydrogens is 204 g/mol. The number of nitriles is 1. The highest BCUT2D eigenvalue weighted by Gasteiger charge is 2.19. The van der Waals surface area contributed by atoms with Crippen LogP contribution in [0.5, 0.6) is 0 Å². The molecule has 0 saturated carbocycles. The first kappa shape index (κ1) is 12.9. The normalized spacial score (nSPS) is 17.1. The Morgan fingerprint density at radius 3 is 2.88 bits per heavy atom. The number of likely N-dealkylation sites (N-methyl/N-ethyl adjacent to an activating group) is 1. The molecule has 0 atom stereocenters. The Bertz CT molecular complexity index is 255. The molecule has 1 fully saturated rings. The summed E-state index contributed by atoms with van der Waals surface area (Å²) < 4.78 is 0. The zero-order valence-corrected chi connectivity index (χ0v) is 9.83. The predicted octanol–water partition coefficient (Wildman–Crippen LogP) is -0.300. The molecule has 16 heavy (non-hydrogen) atoms. The lowest BCUT2D eigenvalue weighted by molar-refractivity contribution is -0.122. The first-order valence-corrected chi connectivity index (χ1v) is 5.78. The van der Waals surface area contributed by atoms with Crippen molar-refractivity contribution in [1.29, 1.82) is 5.26 Å². The van der Waals surface area contributed by atoms with Gasteiger partial charge in [0.25, 0.3) is 0 Å². The van der Waals surface area contributed by atoms with Crippen LogP contribution in [-0.4, -0.2) is 50.1 Å². The maximum Gasteiger partial charge on any atom is 0.234 e. The summed E-state index contributed by atoms with van der Waals surface area (Å²) in [7, 11) is 1.99. The fourth-order valence-corrected chi connectivity index (χ4v) is 1.92. The van der Waals surface area contributed by atoms with Gasteiger partial charge >= 0.3 is 0 Å². The van der Waals surface area contributed by atoms with Gasteiger partial charge in [0.05, 0.1) is 19.0 Å². The molecule has 0 bridgehead atoms. The minimum absolute atomic E-state index is 0.0104. The van der Waals surface area contributed by atoms with Gasteiger partial charge in [-0.15, -0.1) is 0 Å². The number of amides is 1. The van der Waals surface area contributed by atoms with Crippen LogP contribution >= 0.6 is 0 Å². The van der Waals surface area contributed by atoms with Crippen molar-refractivity contribution in [2.75, 3.05) is 33.2 Å². The number of hydrogen-bond donors (Lipinski definition) is 2. The van der Waals surface area contributed by atoms with E-state index in [-0.39, 0.29) is 5.91 Å². The fraction of sp³-hybridized carbons (Fsp3) is 0.818. The number of carbonyl (C=O) groups is 1. The zero-order chi connectivity index (χ0) is 11.8. The summed E-state index contributed by atoms with van der Waals surface area (Å²) in [5, 5.41) is 14.4. The lowest BCUT2D eigenvalue weighted by atomic mass is 10.1. The zero-order valence-electron chi connectivity index (χ0n) is 9.83. The highest BCUT2D eigenvalue weighted by atomic mass is 16.2. The minimum atomic E-state index is 0.0104. The average Bonchev–Trinajstić information content (AvgIpc) is 2.30. The SMILES string of the molecule is CN(CC(=O)NCCC#N)C1CCNCC1. The van der Waals surface area contributed by atoms with Crippen molar-refractivity contribution in [2.24, 2.45) is 0 Å². The summed E-state index contributed by atoms with van der Waals surface area (Å²) >= 11 is 0. The van der Waals surface area contributed by atoms with Crippen LogP contribution in [-0.2, 0) is 4.79 Å². The Morgan fingerprint density at radius 2 is 2.25 bits per heavy atom. The second kappa shape index (κ2) is 7.20. The summed E-state index contributed by atoms with van der Waals surface area (Å²) in [6, 6.07) is 2.51. The van der Waals surface area contributed by atoms with E-state index in [0.717, 1.165) is 25.9 Å². The van der Waals surface area contributed by atoms with Gasteiger partial charge in [0, 0.05) is 12.6 Å². The molecule has 5 heteroatoms. The first-order valence-electron chi connectivity index (χ1n) is 5.78. The van der Waals surface area contributed by atoms with E-state index >= 15 is 0 Å². The van der Waals surface area contributed by atoms with Gasteiger partial charge in [0.2, 0.25) is 5.91 Å². The number of rotatable bonds is 5. The molecule has 0 aromatic carbocycles. The Kier molecular flexibility index (Phi) is 5.83. The van der Waals surface area contributed by atoms with E-state index in [2.05, 4.69) is 15.5 Å². The molecular formula is C11H20N4O. The Balaban J connectivity index is 2.19. The lowest BCUT2D eigenvalue weighted by Crippen LogP contribution is -2.45. The van der Waals surface area contributed by atoms with E-state index < -0.39 is 0 Å². The summed E-state index contributed by atoms with van der Waals surface area (Å²) in [5.41, 5.74) is 0. The number of hydrogen-bond acceptors (Lipinski definition) is 4. The Hall–Kier alpha value is -1.12. The number of nitrogens with zero attached hydrogens (tertiary/aromatic N) is 2. The van der Waals surface area contributed by atoms with Crippen molar-refractivity contribution >= 4 is 5.91 Å². The van der Waals surface area contributed by atoms with Crippen molar-refractivity contribution in [2.45, 2.75) is 25.3 Å². The minimum Gasteiger partial charge on any atom is -0.354 e. The van der Waals surface area contributed by atoms with Crippen LogP contribution in [0.25, 0.3) is 0 Å². The third-order valence-electron chi connectivity index (χ3n) is 2.88. The molecule has 0 radical (unpaired) electrons. The van der Waals surface area contributed by atoms with Crippen molar-refractivity contribution < 1.29 is 4.79 Å². The first-order chi connectivity index (χ1) is 7.74. The van der Waals surface area contributed by atoms with E-state index in [1.165, 1.54) is 0 Å². The van der Waals surface area contributed by atoms with Crippen molar-refractivity contribution in [1.82, 2.24) is 15.5 Å². The fourth-order valence-electron chi connectivity index (χ4n) is 1.92. The highest BCUT2D eigenvalue weighted by molar-refractivity contribution is 5.77. The summed E-state index contributed by atoms with van der Waals surface area (Å²) in [6.07, 6.45) is 2.58. The van der Waals surface area contributed by atoms with Gasteiger partial charge in [-0.3, -0.25) is 9.69 Å². The van der Waals surface area contributed by atoms with Crippen molar-refractivity contribution in [3.8, 4) is 6.07 Å². The third kappa shape index (κ3) is 4.60. The maximum absolute atomic E-state index is 11.5. The molecule has 0 aromatic heterocycles. The van der Waals surface area contributed by atoms with Crippen LogP contribution in [0.3, 0.4) is 0 Å². The van der Waals surface area contributed by atoms with Gasteiger partial charge in [-0.2, -0.15) is 5.26 Å². The van der Waals surface area contributed by atoms with Crippen LogP contribution in [0.4, 0.5) is 0 Å². The summed E-state index contributed by atoms with van der Waals surface area (Å²) in [5.74, 6) is 0.0104. The second-order valence-corrected chi connectivity index (χ2v) is 4.15. The van der Waals surface area contributed by atoms with Gasteiger partial charge in [0.15, 0.2) is 0 Å². The van der Waals surface area contributed by atoms with Crippen LogP contribution in [0, 0.1) is 11.3 Å². The standard InChI is InChI=1S/C11H20N4O/c1-15(10-3-7-13-8-4-10)9-11(16)14-6-2-5-12/h10,13H,2-4,6-9H2,1H3,(H,14,16). The summed E-state index contributed by atoms with van der Waals surface area (Å²) in [4.78, 5) is 13.6. The number of carbonyl (C=O) groups excluding carboxylic acids is 1. The van der Waals surface area contributed by atoms with E-state index in [0.29, 0.717) is 25.6 Å². The predicted molar refractivity (Wildman–Crippen MR) is 61.8 cm³/mol. The molecule has 90 valence electrons. The molecule has 0 unspecified atom stereocenters. The van der Waals surface area contributed by atoms with Gasteiger partial charge in [0.1, 0.15) is 0 Å². The van der Waals surface area contributed by atoms with Crippen LogP contribution < -0.4 is 10.6 Å². The molecule has 0 aromatic rings. The lowest BCUT2D eigenvalue weighted by Gasteiger charge is -2.31. The topological polar surface area (TPSA) is 68.2 Å². The molecule has 2 N–H and O–H groups in total. The molecule has 0 spiro atoms. The molecule has 1 heterocycles. The van der Waals surface area contributed by atoms with Crippen molar-refractivity contribution in [3.05, 3.63) is 0 Å². The van der Waals surface area contributed by atoms with Gasteiger partial charge in [-0.05, 0) is 33.0 Å². The van der Waals surface area contributed by atoms with Gasteiger partial charge in [-0.1, -0.05) is 0 Å². The van der Waals surface area contributed by atoms with E-state index in [4.69, 9.17) is 5.26 Å². The molecule has 1 aliphatic rings. The summed E-state index contributed by atoms with van der Waals surface area (Å²) in [6.45, 7) is 2.95. The second-order valence-electron chi connectivity index (χ2n) is 4.15. The Labute approximate surface area is 96.8 Å². The monoisotopic (exact) mass is 224 g/mol. The van der Waals surface area contributed by atoms with Gasteiger partial charge in [-0.25, -0.2) is 0 Å². The number of piperidine rings is 1. The third-order valence-corrected chi connectivity index (χ3v) is 2.88. The molecule has 0 aliphatic carbocycles. The molecule has 1 rings (SSSR count). The van der Waals surface area contributed by atoms with Crippen LogP contribution in [0.2, 0.25) is 0 Å². The largest absolute Gasteiger partial charge is 0.354 e. The smallest absolute Gasteiger partial charge is 0.234 e. The quantitative estimate of drug-likeness (QED) is 0.629. The average molecular weight is 224 g/mol. The van der Waals surface area contributed by atoms with E-state index in [1.54, 1.807) is 0 Å². The van der Waals surface area contributed by atoms with Crippen LogP contribution in [0.15, 0.2) is 0 Å². The molecule has 1 amide bonds.